The largest absolute Gasteiger partial charge is 0.495 e. The van der Waals surface area contributed by atoms with Crippen molar-refractivity contribution < 1.29 is 19.4 Å². The van der Waals surface area contributed by atoms with E-state index >= 15 is 0 Å². The van der Waals surface area contributed by atoms with Crippen LogP contribution in [0.1, 0.15) is 13.3 Å². The second kappa shape index (κ2) is 7.55. The van der Waals surface area contributed by atoms with Gasteiger partial charge in [-0.15, -0.1) is 0 Å². The normalized spacial score (nSPS) is 20.9. The summed E-state index contributed by atoms with van der Waals surface area (Å²) in [5, 5.41) is 12.7. The highest BCUT2D eigenvalue weighted by atomic mass is 35.5. The number of aliphatic carboxylic acids is 1. The van der Waals surface area contributed by atoms with Gasteiger partial charge in [0.15, 0.2) is 0 Å². The standard InChI is InChI=1S/C16H21ClN2O4/c1-10-5-11(16(21)22)9-19(8-10)15(20)7-18-13-6-12(17)3-4-14(13)23-2/h3-4,6,10-11,18H,5,7-9H2,1-2H3,(H,21,22). The molecule has 0 spiro atoms. The fraction of sp³-hybridized carbons (Fsp3) is 0.500. The lowest BCUT2D eigenvalue weighted by Crippen LogP contribution is -2.47. The van der Waals surface area contributed by atoms with E-state index in [9.17, 15) is 14.7 Å². The molecular weight excluding hydrogens is 320 g/mol. The monoisotopic (exact) mass is 340 g/mol. The predicted molar refractivity (Wildman–Crippen MR) is 88.0 cm³/mol. The molecule has 126 valence electrons. The van der Waals surface area contributed by atoms with Gasteiger partial charge in [-0.1, -0.05) is 18.5 Å². The number of amides is 1. The molecule has 0 bridgehead atoms. The number of carbonyl (C=O) groups is 2. The fourth-order valence-electron chi connectivity index (χ4n) is 2.84. The molecule has 0 radical (unpaired) electrons. The van der Waals surface area contributed by atoms with E-state index in [1.807, 2.05) is 6.92 Å². The summed E-state index contributed by atoms with van der Waals surface area (Å²) in [5.74, 6) is -0.709. The minimum atomic E-state index is -0.848. The number of halogens is 1. The lowest BCUT2D eigenvalue weighted by molar-refractivity contribution is -0.146. The van der Waals surface area contributed by atoms with Gasteiger partial charge < -0.3 is 20.1 Å². The van der Waals surface area contributed by atoms with Crippen molar-refractivity contribution in [3.63, 3.8) is 0 Å². The number of carboxylic acid groups (broad SMARTS) is 1. The average Bonchev–Trinajstić information content (AvgIpc) is 2.52. The smallest absolute Gasteiger partial charge is 0.308 e. The minimum absolute atomic E-state index is 0.0652. The molecule has 23 heavy (non-hydrogen) atoms. The van der Waals surface area contributed by atoms with Crippen LogP contribution in [0.25, 0.3) is 0 Å². The Labute approximate surface area is 140 Å². The van der Waals surface area contributed by atoms with E-state index in [4.69, 9.17) is 16.3 Å². The topological polar surface area (TPSA) is 78.9 Å². The van der Waals surface area contributed by atoms with E-state index < -0.39 is 11.9 Å². The van der Waals surface area contributed by atoms with Crippen LogP contribution in [0, 0.1) is 11.8 Å². The second-order valence-electron chi connectivity index (χ2n) is 5.87. The highest BCUT2D eigenvalue weighted by molar-refractivity contribution is 6.30. The van der Waals surface area contributed by atoms with Gasteiger partial charge in [-0.25, -0.2) is 0 Å². The highest BCUT2D eigenvalue weighted by Gasteiger charge is 2.31. The third kappa shape index (κ3) is 4.51. The summed E-state index contributed by atoms with van der Waals surface area (Å²) >= 11 is 5.95. The first kappa shape index (κ1) is 17.4. The van der Waals surface area contributed by atoms with Crippen LogP contribution >= 0.6 is 11.6 Å². The summed E-state index contributed by atoms with van der Waals surface area (Å²) in [7, 11) is 1.54. The Bertz CT molecular complexity index is 593. The number of carboxylic acids is 1. The van der Waals surface area contributed by atoms with Crippen molar-refractivity contribution in [3.05, 3.63) is 23.2 Å². The lowest BCUT2D eigenvalue weighted by atomic mass is 9.90. The maximum Gasteiger partial charge on any atom is 0.308 e. The zero-order valence-electron chi connectivity index (χ0n) is 13.2. The van der Waals surface area contributed by atoms with Crippen LogP contribution in [0.5, 0.6) is 5.75 Å². The van der Waals surface area contributed by atoms with E-state index in [0.717, 1.165) is 0 Å². The molecule has 1 amide bonds. The van der Waals surface area contributed by atoms with Gasteiger partial charge >= 0.3 is 5.97 Å². The van der Waals surface area contributed by atoms with Crippen LogP contribution in [0.4, 0.5) is 5.69 Å². The molecule has 2 unspecified atom stereocenters. The van der Waals surface area contributed by atoms with Crippen LogP contribution in [0.2, 0.25) is 5.02 Å². The highest BCUT2D eigenvalue weighted by Crippen LogP contribution is 2.28. The molecule has 1 aliphatic rings. The van der Waals surface area contributed by atoms with Crippen molar-refractivity contribution in [2.75, 3.05) is 32.1 Å². The third-order valence-corrected chi connectivity index (χ3v) is 4.19. The first-order valence-electron chi connectivity index (χ1n) is 7.48. The molecule has 2 rings (SSSR count). The summed E-state index contributed by atoms with van der Waals surface area (Å²) in [5.41, 5.74) is 0.633. The van der Waals surface area contributed by atoms with Gasteiger partial charge in [0.25, 0.3) is 0 Å². The number of piperidine rings is 1. The van der Waals surface area contributed by atoms with Crippen molar-refractivity contribution in [3.8, 4) is 5.75 Å². The van der Waals surface area contributed by atoms with Crippen LogP contribution in [0.15, 0.2) is 18.2 Å². The Morgan fingerprint density at radius 1 is 1.43 bits per heavy atom. The van der Waals surface area contributed by atoms with E-state index in [2.05, 4.69) is 5.32 Å². The molecule has 1 fully saturated rings. The number of methoxy groups -OCH3 is 1. The van der Waals surface area contributed by atoms with Gasteiger partial charge in [-0.05, 0) is 30.5 Å². The summed E-state index contributed by atoms with van der Waals surface area (Å²) in [6, 6.07) is 5.11. The fourth-order valence-corrected chi connectivity index (χ4v) is 3.01. The molecule has 1 aromatic rings. The Morgan fingerprint density at radius 2 is 2.17 bits per heavy atom. The van der Waals surface area contributed by atoms with Crippen molar-refractivity contribution in [1.29, 1.82) is 0 Å². The van der Waals surface area contributed by atoms with Crippen LogP contribution in [-0.4, -0.2) is 48.6 Å². The molecule has 1 heterocycles. The van der Waals surface area contributed by atoms with E-state index in [-0.39, 0.29) is 24.9 Å². The Hall–Kier alpha value is -1.95. The molecule has 2 N–H and O–H groups in total. The number of carbonyl (C=O) groups excluding carboxylic acids is 1. The third-order valence-electron chi connectivity index (χ3n) is 3.95. The van der Waals surface area contributed by atoms with E-state index in [1.165, 1.54) is 0 Å². The van der Waals surface area contributed by atoms with Crippen LogP contribution < -0.4 is 10.1 Å². The molecule has 1 aliphatic heterocycles. The minimum Gasteiger partial charge on any atom is -0.495 e. The molecule has 0 aliphatic carbocycles. The quantitative estimate of drug-likeness (QED) is 0.860. The molecular formula is C16H21ClN2O4. The number of ether oxygens (including phenoxy) is 1. The molecule has 2 atom stereocenters. The summed E-state index contributed by atoms with van der Waals surface area (Å²) in [6.07, 6.45) is 0.606. The molecule has 0 saturated carbocycles. The van der Waals surface area contributed by atoms with Gasteiger partial charge in [0.2, 0.25) is 5.91 Å². The van der Waals surface area contributed by atoms with Gasteiger partial charge in [0.1, 0.15) is 5.75 Å². The summed E-state index contributed by atoms with van der Waals surface area (Å²) in [4.78, 5) is 25.2. The number of likely N-dealkylation sites (tertiary alicyclic amines) is 1. The lowest BCUT2D eigenvalue weighted by Gasteiger charge is -2.34. The van der Waals surface area contributed by atoms with Gasteiger partial charge in [-0.2, -0.15) is 0 Å². The zero-order chi connectivity index (χ0) is 17.0. The number of anilines is 1. The van der Waals surface area contributed by atoms with E-state index in [1.54, 1.807) is 30.2 Å². The number of nitrogens with one attached hydrogen (secondary N) is 1. The van der Waals surface area contributed by atoms with Crippen molar-refractivity contribution >= 4 is 29.2 Å². The van der Waals surface area contributed by atoms with Crippen molar-refractivity contribution in [2.24, 2.45) is 11.8 Å². The average molecular weight is 341 g/mol. The number of nitrogens with zero attached hydrogens (tertiary/aromatic N) is 1. The maximum atomic E-state index is 12.4. The van der Waals surface area contributed by atoms with Gasteiger partial charge in [0.05, 0.1) is 25.3 Å². The summed E-state index contributed by atoms with van der Waals surface area (Å²) in [6.45, 7) is 2.86. The number of rotatable bonds is 5. The molecule has 1 saturated heterocycles. The SMILES string of the molecule is COc1ccc(Cl)cc1NCC(=O)N1CC(C)CC(C(=O)O)C1. The maximum absolute atomic E-state index is 12.4. The molecule has 6 nitrogen and oxygen atoms in total. The number of benzene rings is 1. The van der Waals surface area contributed by atoms with Crippen molar-refractivity contribution in [1.82, 2.24) is 4.90 Å². The summed E-state index contributed by atoms with van der Waals surface area (Å²) < 4.78 is 5.22. The predicted octanol–water partition coefficient (Wildman–Crippen LogP) is 2.33. The first-order chi connectivity index (χ1) is 10.9. The van der Waals surface area contributed by atoms with Crippen molar-refractivity contribution in [2.45, 2.75) is 13.3 Å². The number of hydrogen-bond acceptors (Lipinski definition) is 4. The number of hydrogen-bond donors (Lipinski definition) is 2. The second-order valence-corrected chi connectivity index (χ2v) is 6.31. The Morgan fingerprint density at radius 3 is 2.83 bits per heavy atom. The Kier molecular flexibility index (Phi) is 5.71. The van der Waals surface area contributed by atoms with Gasteiger partial charge in [-0.3, -0.25) is 9.59 Å². The van der Waals surface area contributed by atoms with Crippen LogP contribution in [-0.2, 0) is 9.59 Å². The zero-order valence-corrected chi connectivity index (χ0v) is 14.0. The molecule has 0 aromatic heterocycles. The molecule has 1 aromatic carbocycles. The van der Waals surface area contributed by atoms with E-state index in [0.29, 0.717) is 29.4 Å². The Balaban J connectivity index is 1.99. The van der Waals surface area contributed by atoms with Crippen LogP contribution in [0.3, 0.4) is 0 Å². The van der Waals surface area contributed by atoms with Gasteiger partial charge in [0, 0.05) is 18.1 Å². The first-order valence-corrected chi connectivity index (χ1v) is 7.86. The molecule has 7 heteroatoms.